The van der Waals surface area contributed by atoms with E-state index < -0.39 is 0 Å². The van der Waals surface area contributed by atoms with Crippen LogP contribution in [0.4, 0.5) is 4.79 Å². The molecule has 0 bridgehead atoms. The molecule has 1 heterocycles. The molecule has 86 valence electrons. The number of hydrogen-bond acceptors (Lipinski definition) is 1. The van der Waals surface area contributed by atoms with Crippen LogP contribution in [0.1, 0.15) is 38.5 Å². The molecule has 0 aromatic rings. The van der Waals surface area contributed by atoms with Gasteiger partial charge in [-0.1, -0.05) is 12.8 Å². The van der Waals surface area contributed by atoms with Crippen molar-refractivity contribution >= 4 is 6.03 Å². The fourth-order valence-corrected chi connectivity index (χ4v) is 2.27. The summed E-state index contributed by atoms with van der Waals surface area (Å²) in [6, 6.07) is 0.254. The molecular formula is C12H22N2O. The van der Waals surface area contributed by atoms with Gasteiger partial charge in [-0.05, 0) is 31.6 Å². The lowest BCUT2D eigenvalue weighted by Crippen LogP contribution is -2.42. The Hall–Kier alpha value is -0.730. The fourth-order valence-electron chi connectivity index (χ4n) is 2.27. The van der Waals surface area contributed by atoms with Gasteiger partial charge in [-0.3, -0.25) is 0 Å². The molecule has 0 radical (unpaired) electrons. The van der Waals surface area contributed by atoms with Crippen molar-refractivity contribution in [2.75, 3.05) is 26.7 Å². The molecule has 2 fully saturated rings. The molecule has 1 aliphatic carbocycles. The number of carbonyl (C=O) groups is 1. The number of likely N-dealkylation sites (tertiary alicyclic amines) is 1. The fraction of sp³-hybridized carbons (Fsp3) is 0.917. The maximum Gasteiger partial charge on any atom is 0.319 e. The largest absolute Gasteiger partial charge is 0.327 e. The van der Waals surface area contributed by atoms with Crippen molar-refractivity contribution in [3.63, 3.8) is 0 Å². The molecule has 3 heteroatoms. The van der Waals surface area contributed by atoms with Gasteiger partial charge in [0.25, 0.3) is 0 Å². The van der Waals surface area contributed by atoms with Crippen LogP contribution in [0.3, 0.4) is 0 Å². The van der Waals surface area contributed by atoms with Crippen LogP contribution >= 0.6 is 0 Å². The van der Waals surface area contributed by atoms with Gasteiger partial charge in [0, 0.05) is 26.7 Å². The highest BCUT2D eigenvalue weighted by Crippen LogP contribution is 2.29. The predicted octanol–water partition coefficient (Wildman–Crippen LogP) is 2.32. The van der Waals surface area contributed by atoms with Crippen LogP contribution in [0, 0.1) is 5.92 Å². The van der Waals surface area contributed by atoms with Crippen molar-refractivity contribution in [3.8, 4) is 0 Å². The molecular weight excluding hydrogens is 188 g/mol. The van der Waals surface area contributed by atoms with E-state index in [1.165, 1.54) is 38.5 Å². The Kier molecular flexibility index (Phi) is 3.49. The first-order chi connectivity index (χ1) is 7.27. The van der Waals surface area contributed by atoms with E-state index in [0.717, 1.165) is 25.6 Å². The summed E-state index contributed by atoms with van der Waals surface area (Å²) in [5.74, 6) is 0.797. The lowest BCUT2D eigenvalue weighted by Gasteiger charge is -2.27. The molecule has 0 atom stereocenters. The smallest absolute Gasteiger partial charge is 0.319 e. The standard InChI is InChI=1S/C12H22N2O/c1-13(10-11-6-7-11)12(15)14-8-4-2-3-5-9-14/h11H,2-10H2,1H3. The third-order valence-electron chi connectivity index (χ3n) is 3.43. The Bertz CT molecular complexity index is 218. The molecule has 3 nitrogen and oxygen atoms in total. The summed E-state index contributed by atoms with van der Waals surface area (Å²) in [6.45, 7) is 2.90. The van der Waals surface area contributed by atoms with Gasteiger partial charge < -0.3 is 9.80 Å². The zero-order valence-corrected chi connectivity index (χ0v) is 9.74. The first-order valence-electron chi connectivity index (χ1n) is 6.27. The van der Waals surface area contributed by atoms with E-state index >= 15 is 0 Å². The number of urea groups is 1. The van der Waals surface area contributed by atoms with Crippen LogP contribution in [-0.4, -0.2) is 42.5 Å². The van der Waals surface area contributed by atoms with E-state index in [1.54, 1.807) is 0 Å². The molecule has 1 aliphatic heterocycles. The number of amides is 2. The zero-order chi connectivity index (χ0) is 10.7. The first-order valence-corrected chi connectivity index (χ1v) is 6.27. The topological polar surface area (TPSA) is 23.6 Å². The van der Waals surface area contributed by atoms with Gasteiger partial charge in [-0.25, -0.2) is 4.79 Å². The Labute approximate surface area is 92.4 Å². The van der Waals surface area contributed by atoms with Crippen molar-refractivity contribution in [3.05, 3.63) is 0 Å². The third-order valence-corrected chi connectivity index (χ3v) is 3.43. The molecule has 0 aromatic carbocycles. The Balaban J connectivity index is 1.81. The lowest BCUT2D eigenvalue weighted by atomic mass is 10.2. The van der Waals surface area contributed by atoms with Gasteiger partial charge in [0.1, 0.15) is 0 Å². The van der Waals surface area contributed by atoms with E-state index in [9.17, 15) is 4.79 Å². The molecule has 1 saturated carbocycles. The van der Waals surface area contributed by atoms with Crippen molar-refractivity contribution in [1.29, 1.82) is 0 Å². The van der Waals surface area contributed by atoms with Crippen molar-refractivity contribution in [2.24, 2.45) is 5.92 Å². The molecule has 0 unspecified atom stereocenters. The van der Waals surface area contributed by atoms with Crippen LogP contribution in [0.15, 0.2) is 0 Å². The minimum Gasteiger partial charge on any atom is -0.327 e. The average Bonchev–Trinajstić information content (AvgIpc) is 3.01. The summed E-state index contributed by atoms with van der Waals surface area (Å²) in [5, 5.41) is 0. The highest BCUT2D eigenvalue weighted by Gasteiger charge is 2.27. The summed E-state index contributed by atoms with van der Waals surface area (Å²) in [7, 11) is 1.95. The normalized spacial score (nSPS) is 22.3. The SMILES string of the molecule is CN(CC1CC1)C(=O)N1CCCCCC1. The number of hydrogen-bond donors (Lipinski definition) is 0. The van der Waals surface area contributed by atoms with Crippen LogP contribution in [0.2, 0.25) is 0 Å². The maximum absolute atomic E-state index is 12.1. The molecule has 0 spiro atoms. The second-order valence-electron chi connectivity index (χ2n) is 5.01. The molecule has 15 heavy (non-hydrogen) atoms. The van der Waals surface area contributed by atoms with Gasteiger partial charge in [-0.2, -0.15) is 0 Å². The molecule has 2 rings (SSSR count). The van der Waals surface area contributed by atoms with Crippen LogP contribution < -0.4 is 0 Å². The predicted molar refractivity (Wildman–Crippen MR) is 60.8 cm³/mol. The van der Waals surface area contributed by atoms with Gasteiger partial charge >= 0.3 is 6.03 Å². The van der Waals surface area contributed by atoms with E-state index in [1.807, 2.05) is 16.8 Å². The molecule has 1 saturated heterocycles. The second-order valence-corrected chi connectivity index (χ2v) is 5.01. The molecule has 2 amide bonds. The highest BCUT2D eigenvalue weighted by molar-refractivity contribution is 5.74. The summed E-state index contributed by atoms with van der Waals surface area (Å²) >= 11 is 0. The van der Waals surface area contributed by atoms with Crippen molar-refractivity contribution in [2.45, 2.75) is 38.5 Å². The minimum atomic E-state index is 0.254. The highest BCUT2D eigenvalue weighted by atomic mass is 16.2. The molecule has 0 aromatic heterocycles. The van der Waals surface area contributed by atoms with Gasteiger partial charge in [0.15, 0.2) is 0 Å². The molecule has 0 N–H and O–H groups in total. The third kappa shape index (κ3) is 3.11. The van der Waals surface area contributed by atoms with Crippen molar-refractivity contribution in [1.82, 2.24) is 9.80 Å². The summed E-state index contributed by atoms with van der Waals surface area (Å²) in [5.41, 5.74) is 0. The quantitative estimate of drug-likeness (QED) is 0.686. The minimum absolute atomic E-state index is 0.254. The van der Waals surface area contributed by atoms with E-state index in [0.29, 0.717) is 0 Å². The number of rotatable bonds is 2. The Morgan fingerprint density at radius 3 is 2.33 bits per heavy atom. The van der Waals surface area contributed by atoms with Crippen molar-refractivity contribution < 1.29 is 4.79 Å². The average molecular weight is 210 g/mol. The van der Waals surface area contributed by atoms with E-state index in [2.05, 4.69) is 0 Å². The second kappa shape index (κ2) is 4.86. The summed E-state index contributed by atoms with van der Waals surface area (Å²) in [6.07, 6.45) is 7.58. The Morgan fingerprint density at radius 2 is 1.80 bits per heavy atom. The zero-order valence-electron chi connectivity index (χ0n) is 9.74. The Morgan fingerprint density at radius 1 is 1.20 bits per heavy atom. The first kappa shape index (κ1) is 10.8. The van der Waals surface area contributed by atoms with E-state index in [-0.39, 0.29) is 6.03 Å². The lowest BCUT2D eigenvalue weighted by molar-refractivity contribution is 0.163. The van der Waals surface area contributed by atoms with E-state index in [4.69, 9.17) is 0 Å². The van der Waals surface area contributed by atoms with Crippen LogP contribution in [-0.2, 0) is 0 Å². The number of carbonyl (C=O) groups excluding carboxylic acids is 1. The van der Waals surface area contributed by atoms with Gasteiger partial charge in [0.2, 0.25) is 0 Å². The summed E-state index contributed by atoms with van der Waals surface area (Å²) < 4.78 is 0. The maximum atomic E-state index is 12.1. The summed E-state index contributed by atoms with van der Waals surface area (Å²) in [4.78, 5) is 16.0. The van der Waals surface area contributed by atoms with Gasteiger partial charge in [-0.15, -0.1) is 0 Å². The monoisotopic (exact) mass is 210 g/mol. The number of nitrogens with zero attached hydrogens (tertiary/aromatic N) is 2. The van der Waals surface area contributed by atoms with Crippen LogP contribution in [0.25, 0.3) is 0 Å². The van der Waals surface area contributed by atoms with Gasteiger partial charge in [0.05, 0.1) is 0 Å². The van der Waals surface area contributed by atoms with Crippen LogP contribution in [0.5, 0.6) is 0 Å². The molecule has 2 aliphatic rings.